The second-order valence-electron chi connectivity index (χ2n) is 15.2. The SMILES string of the molecule is C.C.CCCCNC1=CCCCC1=Nc1c(C(C)C)cccc1C(C)C.CCCC[N-]C1=CCCCC1=Nc1c(C(C)C)cccc1C(C)C.[CH3-].[CH3-].[CH3-].[Cl][Hf]([Cl])([Cl])[Cl].[Hf]. The smallest absolute Gasteiger partial charge is 0 e. The fraction of sp³-hybridized carbons (Fsp3) is 0.571. The molecule has 4 rings (SSSR count). The molecule has 0 bridgehead atoms. The number of para-hydroxylation sites is 2. The van der Waals surface area contributed by atoms with E-state index in [1.54, 1.807) is 0 Å². The van der Waals surface area contributed by atoms with Gasteiger partial charge in [0.25, 0.3) is 0 Å². The largest absolute Gasteiger partial charge is 0 e. The minimum Gasteiger partial charge on any atom is 0 e. The fourth-order valence-electron chi connectivity index (χ4n) is 6.39. The summed E-state index contributed by atoms with van der Waals surface area (Å²) in [4.78, 5) is 10.4. The number of allylic oxidation sites excluding steroid dienone is 4. The molecule has 0 aromatic heterocycles. The van der Waals surface area contributed by atoms with Gasteiger partial charge in [0.2, 0.25) is 0 Å². The first-order valence-corrected chi connectivity index (χ1v) is 37.9. The van der Waals surface area contributed by atoms with Crippen molar-refractivity contribution in [3.05, 3.63) is 110 Å². The van der Waals surface area contributed by atoms with E-state index in [-0.39, 0.29) is 63.0 Å². The zero-order valence-electron chi connectivity index (χ0n) is 37.8. The Hall–Kier alpha value is -0.240. The van der Waals surface area contributed by atoms with Gasteiger partial charge in [-0.05, 0) is 90.9 Å². The molecule has 2 aliphatic rings. The van der Waals surface area contributed by atoms with Crippen LogP contribution in [0.25, 0.3) is 5.32 Å². The summed E-state index contributed by atoms with van der Waals surface area (Å²) in [5, 5.41) is 8.45. The fourth-order valence-corrected chi connectivity index (χ4v) is 6.39. The summed E-state index contributed by atoms with van der Waals surface area (Å²) in [5.74, 6) is 1.95. The van der Waals surface area contributed by atoms with E-state index in [2.05, 4.69) is 123 Å². The zero-order valence-corrected chi connectivity index (χ0v) is 48.0. The monoisotopic (exact) mass is 1230 g/mol. The van der Waals surface area contributed by atoms with E-state index in [1.807, 2.05) is 0 Å². The van der Waals surface area contributed by atoms with Gasteiger partial charge in [0.05, 0.1) is 22.8 Å². The summed E-state index contributed by atoms with van der Waals surface area (Å²) in [7, 11) is 20.2. The minimum atomic E-state index is -3.39. The van der Waals surface area contributed by atoms with Crippen LogP contribution < -0.4 is 5.32 Å². The van der Waals surface area contributed by atoms with Crippen LogP contribution in [0.3, 0.4) is 0 Å². The minimum absolute atomic E-state index is 0. The van der Waals surface area contributed by atoms with E-state index in [4.69, 9.17) is 49.6 Å². The molecule has 0 heterocycles. The molecule has 59 heavy (non-hydrogen) atoms. The van der Waals surface area contributed by atoms with E-state index in [1.165, 1.54) is 82.9 Å². The number of nitrogens with one attached hydrogen (secondary N) is 1. The van der Waals surface area contributed by atoms with Crippen molar-refractivity contribution in [1.82, 2.24) is 5.32 Å². The van der Waals surface area contributed by atoms with Crippen LogP contribution >= 0.6 is 34.3 Å². The van der Waals surface area contributed by atoms with Crippen molar-refractivity contribution in [3.63, 3.8) is 0 Å². The molecule has 0 radical (unpaired) electrons. The molecule has 1 N–H and O–H groups in total. The average Bonchev–Trinajstić information content (AvgIpc) is 3.09. The number of aliphatic imine (C=N–C) groups is 2. The molecule has 2 aliphatic carbocycles. The maximum atomic E-state index is 5.21. The Morgan fingerprint density at radius 1 is 0.627 bits per heavy atom. The average molecular weight is 1230 g/mol. The van der Waals surface area contributed by atoms with Crippen LogP contribution in [0.15, 0.2) is 69.9 Å². The van der Waals surface area contributed by atoms with Gasteiger partial charge in [-0.1, -0.05) is 152 Å². The maximum absolute atomic E-state index is 5.21. The number of unbranched alkanes of at least 4 members (excludes halogenated alkanes) is 2. The quantitative estimate of drug-likeness (QED) is 0.114. The third-order valence-electron chi connectivity index (χ3n) is 9.35. The van der Waals surface area contributed by atoms with Crippen LogP contribution in [0.4, 0.5) is 11.4 Å². The van der Waals surface area contributed by atoms with Crippen molar-refractivity contribution < 1.29 is 41.1 Å². The summed E-state index contributed by atoms with van der Waals surface area (Å²) >= 11 is -3.39. The molecule has 0 saturated heterocycles. The normalized spacial score (nSPS) is 14.7. The van der Waals surface area contributed by atoms with Crippen LogP contribution in [0.2, 0.25) is 0 Å². The van der Waals surface area contributed by atoms with Gasteiger partial charge < -0.3 is 32.9 Å². The van der Waals surface area contributed by atoms with Crippen molar-refractivity contribution in [2.24, 2.45) is 9.98 Å². The van der Waals surface area contributed by atoms with Gasteiger partial charge in [0.1, 0.15) is 0 Å². The number of nitrogens with zero attached hydrogens (tertiary/aromatic N) is 3. The number of rotatable bonds is 14. The Balaban J connectivity index is -0.000000270. The summed E-state index contributed by atoms with van der Waals surface area (Å²) in [5.41, 5.74) is 12.7. The molecule has 2 aromatic carbocycles. The Kier molecular flexibility index (Phi) is 41.5. The number of hydrogen-bond donors (Lipinski definition) is 1. The Morgan fingerprint density at radius 2 is 1.00 bits per heavy atom. The van der Waals surface area contributed by atoms with E-state index in [0.717, 1.165) is 50.9 Å². The molecule has 0 fully saturated rings. The summed E-state index contributed by atoms with van der Waals surface area (Å²) < 4.78 is 0. The third-order valence-corrected chi connectivity index (χ3v) is 9.35. The molecule has 0 atom stereocenters. The molecule has 0 unspecified atom stereocenters. The van der Waals surface area contributed by atoms with E-state index in [9.17, 15) is 0 Å². The number of hydrogen-bond acceptors (Lipinski definition) is 3. The van der Waals surface area contributed by atoms with E-state index >= 15 is 0 Å². The van der Waals surface area contributed by atoms with Gasteiger partial charge in [-0.3, -0.25) is 9.98 Å². The van der Waals surface area contributed by atoms with Crippen LogP contribution in [0.1, 0.15) is 194 Å². The molecule has 340 valence electrons. The molecule has 2 aromatic rings. The number of benzene rings is 2. The topological polar surface area (TPSA) is 50.9 Å². The first-order valence-electron chi connectivity index (χ1n) is 20.1. The van der Waals surface area contributed by atoms with Gasteiger partial charge in [0, 0.05) is 38.1 Å². The van der Waals surface area contributed by atoms with E-state index < -0.39 is 15.2 Å². The van der Waals surface area contributed by atoms with Crippen molar-refractivity contribution in [3.8, 4) is 0 Å². The van der Waals surface area contributed by atoms with E-state index in [0.29, 0.717) is 23.7 Å². The van der Waals surface area contributed by atoms with Gasteiger partial charge in [-0.2, -0.15) is 0 Å². The van der Waals surface area contributed by atoms with Gasteiger partial charge >= 0.3 is 49.5 Å². The van der Waals surface area contributed by atoms with Gasteiger partial charge in [-0.25, -0.2) is 0 Å². The van der Waals surface area contributed by atoms with Crippen LogP contribution in [-0.4, -0.2) is 24.5 Å². The summed E-state index contributed by atoms with van der Waals surface area (Å²) in [6.45, 7) is 24.5. The molecule has 0 amide bonds. The first kappa shape index (κ1) is 67.8. The molecule has 10 heteroatoms. The van der Waals surface area contributed by atoms with Gasteiger partial charge in [-0.15, -0.1) is 12.2 Å². The predicted octanol–water partition coefficient (Wildman–Crippen LogP) is 19.1. The second kappa shape index (κ2) is 36.1. The Bertz CT molecular complexity index is 1360. The molecular weight excluding hydrogens is 1140 g/mol. The predicted molar refractivity (Wildman–Crippen MR) is 269 cm³/mol. The van der Waals surface area contributed by atoms with Crippen molar-refractivity contribution in [2.45, 2.75) is 172 Å². The second-order valence-corrected chi connectivity index (χ2v) is 46.4. The summed E-state index contributed by atoms with van der Waals surface area (Å²) in [6.07, 6.45) is 16.2. The summed E-state index contributed by atoms with van der Waals surface area (Å²) in [6, 6.07) is 13.3. The zero-order chi connectivity index (χ0) is 39.6. The molecular formula is C49H84Cl4Hf2N4-4. The molecule has 4 nitrogen and oxygen atoms in total. The van der Waals surface area contributed by atoms with Crippen molar-refractivity contribution in [1.29, 1.82) is 0 Å². The van der Waals surface area contributed by atoms with Crippen molar-refractivity contribution in [2.75, 3.05) is 13.1 Å². The molecule has 0 saturated carbocycles. The first-order chi connectivity index (χ1) is 25.1. The van der Waals surface area contributed by atoms with Crippen molar-refractivity contribution >= 4 is 57.1 Å². The Morgan fingerprint density at radius 3 is 1.39 bits per heavy atom. The maximum Gasteiger partial charge on any atom is 0 e. The van der Waals surface area contributed by atoms with Gasteiger partial charge in [0.15, 0.2) is 0 Å². The molecule has 0 spiro atoms. The van der Waals surface area contributed by atoms with Crippen LogP contribution in [0.5, 0.6) is 0 Å². The molecule has 0 aliphatic heterocycles. The van der Waals surface area contributed by atoms with Crippen LogP contribution in [0, 0.1) is 22.3 Å². The Labute approximate surface area is 404 Å². The van der Waals surface area contributed by atoms with Crippen LogP contribution in [-0.2, 0) is 41.1 Å². The number of halogens is 4. The standard InChI is InChI=1S/C22H34N2.C22H33N2.2CH4.3CH3.4ClH.2Hf/c2*1-6-7-15-23-20-13-8-9-14-21(20)24-22-18(16(2)3)11-10-12-19(22)17(4)5;;;;;;;;;;;/h10-13,16-17,23H,6-9,14-15H2,1-5H3;10-13,16-17H,6-9,14-15H2,1-5H3;2*1H4;3*1H3;4*1H;;/q;-1;;;3*-1;;;;;;+4/p-4. The third kappa shape index (κ3) is 25.6.